The van der Waals surface area contributed by atoms with E-state index < -0.39 is 0 Å². The molecule has 1 atom stereocenters. The SMILES string of the molecule is CCNC(CC1CC1)c1ccc(CC)cc1. The third kappa shape index (κ3) is 3.08. The molecule has 16 heavy (non-hydrogen) atoms. The van der Waals surface area contributed by atoms with Crippen molar-refractivity contribution < 1.29 is 0 Å². The maximum absolute atomic E-state index is 3.61. The molecule has 0 aromatic heterocycles. The molecule has 0 heterocycles. The van der Waals surface area contributed by atoms with Crippen molar-refractivity contribution in [2.24, 2.45) is 5.92 Å². The van der Waals surface area contributed by atoms with E-state index in [0.717, 1.165) is 18.9 Å². The van der Waals surface area contributed by atoms with E-state index in [9.17, 15) is 0 Å². The van der Waals surface area contributed by atoms with Gasteiger partial charge in [0, 0.05) is 6.04 Å². The molecule has 2 rings (SSSR count). The number of hydrogen-bond donors (Lipinski definition) is 1. The smallest absolute Gasteiger partial charge is 0.0322 e. The van der Waals surface area contributed by atoms with Crippen LogP contribution in [0.5, 0.6) is 0 Å². The molecular weight excluding hydrogens is 194 g/mol. The molecular formula is C15H23N. The minimum atomic E-state index is 0.573. The van der Waals surface area contributed by atoms with Gasteiger partial charge in [0.1, 0.15) is 0 Å². The van der Waals surface area contributed by atoms with Gasteiger partial charge in [-0.05, 0) is 36.4 Å². The van der Waals surface area contributed by atoms with Gasteiger partial charge in [0.15, 0.2) is 0 Å². The van der Waals surface area contributed by atoms with Gasteiger partial charge < -0.3 is 5.32 Å². The molecule has 88 valence electrons. The van der Waals surface area contributed by atoms with Gasteiger partial charge in [-0.25, -0.2) is 0 Å². The van der Waals surface area contributed by atoms with E-state index in [2.05, 4.69) is 43.4 Å². The van der Waals surface area contributed by atoms with E-state index in [1.165, 1.54) is 30.4 Å². The van der Waals surface area contributed by atoms with Crippen molar-refractivity contribution in [1.29, 1.82) is 0 Å². The van der Waals surface area contributed by atoms with Gasteiger partial charge in [0.25, 0.3) is 0 Å². The van der Waals surface area contributed by atoms with Crippen molar-refractivity contribution in [3.05, 3.63) is 35.4 Å². The maximum Gasteiger partial charge on any atom is 0.0322 e. The van der Waals surface area contributed by atoms with Gasteiger partial charge in [-0.2, -0.15) is 0 Å². The van der Waals surface area contributed by atoms with Crippen molar-refractivity contribution in [1.82, 2.24) is 5.32 Å². The van der Waals surface area contributed by atoms with Crippen molar-refractivity contribution in [2.45, 2.75) is 45.6 Å². The minimum Gasteiger partial charge on any atom is -0.310 e. The second kappa shape index (κ2) is 5.49. The number of nitrogens with one attached hydrogen (secondary N) is 1. The van der Waals surface area contributed by atoms with Crippen LogP contribution < -0.4 is 5.32 Å². The summed E-state index contributed by atoms with van der Waals surface area (Å²) in [5, 5.41) is 3.61. The normalized spacial score (nSPS) is 17.4. The van der Waals surface area contributed by atoms with E-state index in [1.54, 1.807) is 0 Å². The van der Waals surface area contributed by atoms with E-state index in [4.69, 9.17) is 0 Å². The summed E-state index contributed by atoms with van der Waals surface area (Å²) in [7, 11) is 0. The average Bonchev–Trinajstić information content (AvgIpc) is 3.13. The summed E-state index contributed by atoms with van der Waals surface area (Å²) in [4.78, 5) is 0. The van der Waals surface area contributed by atoms with E-state index in [-0.39, 0.29) is 0 Å². The Morgan fingerprint density at radius 1 is 1.19 bits per heavy atom. The highest BCUT2D eigenvalue weighted by molar-refractivity contribution is 5.25. The Hall–Kier alpha value is -0.820. The number of hydrogen-bond acceptors (Lipinski definition) is 1. The summed E-state index contributed by atoms with van der Waals surface area (Å²) in [6, 6.07) is 9.71. The zero-order chi connectivity index (χ0) is 11.4. The summed E-state index contributed by atoms with van der Waals surface area (Å²) in [6.45, 7) is 5.47. The number of rotatable bonds is 6. The first-order valence-corrected chi connectivity index (χ1v) is 6.65. The van der Waals surface area contributed by atoms with Crippen LogP contribution in [0, 0.1) is 5.92 Å². The van der Waals surface area contributed by atoms with Crippen molar-refractivity contribution in [3.8, 4) is 0 Å². The van der Waals surface area contributed by atoms with Gasteiger partial charge in [0.2, 0.25) is 0 Å². The first kappa shape index (κ1) is 11.7. The second-order valence-electron chi connectivity index (χ2n) is 4.88. The zero-order valence-electron chi connectivity index (χ0n) is 10.5. The molecule has 1 fully saturated rings. The summed E-state index contributed by atoms with van der Waals surface area (Å²) in [5.41, 5.74) is 2.90. The van der Waals surface area contributed by atoms with Crippen LogP contribution in [0.3, 0.4) is 0 Å². The van der Waals surface area contributed by atoms with Crippen molar-refractivity contribution in [3.63, 3.8) is 0 Å². The highest BCUT2D eigenvalue weighted by atomic mass is 14.9. The van der Waals surface area contributed by atoms with Crippen LogP contribution in [-0.4, -0.2) is 6.54 Å². The van der Waals surface area contributed by atoms with Crippen LogP contribution in [0.4, 0.5) is 0 Å². The van der Waals surface area contributed by atoms with Gasteiger partial charge in [-0.15, -0.1) is 0 Å². The highest BCUT2D eigenvalue weighted by Gasteiger charge is 2.25. The standard InChI is InChI=1S/C15H23N/c1-3-12-7-9-14(10-8-12)15(16-4-2)11-13-5-6-13/h7-10,13,15-16H,3-6,11H2,1-2H3. The van der Waals surface area contributed by atoms with E-state index in [1.807, 2.05) is 0 Å². The maximum atomic E-state index is 3.61. The Kier molecular flexibility index (Phi) is 4.00. The number of benzene rings is 1. The fourth-order valence-corrected chi connectivity index (χ4v) is 2.26. The predicted molar refractivity (Wildman–Crippen MR) is 69.6 cm³/mol. The predicted octanol–water partition coefficient (Wildman–Crippen LogP) is 3.70. The molecule has 0 bridgehead atoms. The summed E-state index contributed by atoms with van der Waals surface area (Å²) < 4.78 is 0. The fourth-order valence-electron chi connectivity index (χ4n) is 2.26. The molecule has 1 aliphatic rings. The highest BCUT2D eigenvalue weighted by Crippen LogP contribution is 2.37. The monoisotopic (exact) mass is 217 g/mol. The quantitative estimate of drug-likeness (QED) is 0.766. The Morgan fingerprint density at radius 3 is 2.38 bits per heavy atom. The minimum absolute atomic E-state index is 0.573. The van der Waals surface area contributed by atoms with Gasteiger partial charge in [0.05, 0.1) is 0 Å². The molecule has 1 aromatic carbocycles. The van der Waals surface area contributed by atoms with E-state index >= 15 is 0 Å². The zero-order valence-corrected chi connectivity index (χ0v) is 10.5. The Bertz CT molecular complexity index is 311. The van der Waals surface area contributed by atoms with Gasteiger partial charge >= 0.3 is 0 Å². The molecule has 1 N–H and O–H groups in total. The van der Waals surface area contributed by atoms with Crippen LogP contribution in [0.25, 0.3) is 0 Å². The molecule has 0 spiro atoms. The molecule has 0 aliphatic heterocycles. The lowest BCUT2D eigenvalue weighted by Gasteiger charge is -2.18. The summed E-state index contributed by atoms with van der Waals surface area (Å²) >= 11 is 0. The largest absolute Gasteiger partial charge is 0.310 e. The summed E-state index contributed by atoms with van der Waals surface area (Å²) in [5.74, 6) is 0.981. The van der Waals surface area contributed by atoms with E-state index in [0.29, 0.717) is 6.04 Å². The first-order chi connectivity index (χ1) is 7.83. The van der Waals surface area contributed by atoms with Crippen LogP contribution in [-0.2, 0) is 6.42 Å². The molecule has 0 amide bonds. The Labute approximate surface area is 99.3 Å². The van der Waals surface area contributed by atoms with Crippen molar-refractivity contribution in [2.75, 3.05) is 6.54 Å². The molecule has 1 nitrogen and oxygen atoms in total. The van der Waals surface area contributed by atoms with Crippen LogP contribution in [0.2, 0.25) is 0 Å². The lowest BCUT2D eigenvalue weighted by Crippen LogP contribution is -2.21. The lowest BCUT2D eigenvalue weighted by atomic mass is 9.99. The fraction of sp³-hybridized carbons (Fsp3) is 0.600. The van der Waals surface area contributed by atoms with Gasteiger partial charge in [-0.1, -0.05) is 51.0 Å². The Morgan fingerprint density at radius 2 is 1.88 bits per heavy atom. The van der Waals surface area contributed by atoms with Crippen LogP contribution in [0.1, 0.15) is 50.3 Å². The molecule has 1 unspecified atom stereocenters. The molecule has 1 aliphatic carbocycles. The molecule has 1 saturated carbocycles. The van der Waals surface area contributed by atoms with Gasteiger partial charge in [-0.3, -0.25) is 0 Å². The number of aryl methyl sites for hydroxylation is 1. The second-order valence-corrected chi connectivity index (χ2v) is 4.88. The molecule has 1 aromatic rings. The molecule has 0 saturated heterocycles. The average molecular weight is 217 g/mol. The van der Waals surface area contributed by atoms with Crippen LogP contribution >= 0.6 is 0 Å². The summed E-state index contributed by atoms with van der Waals surface area (Å²) in [6.07, 6.45) is 5.33. The first-order valence-electron chi connectivity index (χ1n) is 6.65. The van der Waals surface area contributed by atoms with Crippen LogP contribution in [0.15, 0.2) is 24.3 Å². The lowest BCUT2D eigenvalue weighted by molar-refractivity contribution is 0.487. The molecule has 1 heteroatoms. The topological polar surface area (TPSA) is 12.0 Å². The third-order valence-corrected chi connectivity index (χ3v) is 3.51. The Balaban J connectivity index is 2.03. The van der Waals surface area contributed by atoms with Crippen molar-refractivity contribution >= 4 is 0 Å². The third-order valence-electron chi connectivity index (χ3n) is 3.51. The molecule has 0 radical (unpaired) electrons.